The standard InChI is InChI=1S/C13H15F3N2O2/c14-13(15,16)9-20-11-10(5-4-6-17-11)12(19)18-7-2-1-3-8-18/h4-6H,1-3,7-9H2. The number of alkyl halides is 3. The summed E-state index contributed by atoms with van der Waals surface area (Å²) < 4.78 is 41.2. The highest BCUT2D eigenvalue weighted by molar-refractivity contribution is 5.96. The molecule has 110 valence electrons. The molecule has 1 aliphatic rings. The van der Waals surface area contributed by atoms with Crippen LogP contribution in [0, 0.1) is 0 Å². The van der Waals surface area contributed by atoms with Crippen molar-refractivity contribution in [1.29, 1.82) is 0 Å². The summed E-state index contributed by atoms with van der Waals surface area (Å²) in [6.45, 7) is -0.219. The number of likely N-dealkylation sites (tertiary alicyclic amines) is 1. The maximum absolute atomic E-state index is 12.3. The Balaban J connectivity index is 2.12. The molecule has 0 atom stereocenters. The van der Waals surface area contributed by atoms with Crippen molar-refractivity contribution >= 4 is 5.91 Å². The molecular formula is C13H15F3N2O2. The minimum Gasteiger partial charge on any atom is -0.467 e. The van der Waals surface area contributed by atoms with Gasteiger partial charge < -0.3 is 9.64 Å². The van der Waals surface area contributed by atoms with Crippen LogP contribution in [0.5, 0.6) is 5.88 Å². The molecule has 4 nitrogen and oxygen atoms in total. The zero-order chi connectivity index (χ0) is 14.6. The number of carbonyl (C=O) groups is 1. The molecule has 0 aliphatic carbocycles. The molecule has 7 heteroatoms. The van der Waals surface area contributed by atoms with E-state index in [0.29, 0.717) is 13.1 Å². The quantitative estimate of drug-likeness (QED) is 0.858. The third-order valence-corrected chi connectivity index (χ3v) is 3.02. The van der Waals surface area contributed by atoms with Gasteiger partial charge in [-0.15, -0.1) is 0 Å². The van der Waals surface area contributed by atoms with Gasteiger partial charge in [0.2, 0.25) is 5.88 Å². The van der Waals surface area contributed by atoms with Gasteiger partial charge in [-0.05, 0) is 31.4 Å². The second-order valence-corrected chi connectivity index (χ2v) is 4.61. The minimum atomic E-state index is -4.46. The Morgan fingerprint density at radius 3 is 2.65 bits per heavy atom. The number of amides is 1. The average molecular weight is 288 g/mol. The Bertz CT molecular complexity index is 471. The summed E-state index contributed by atoms with van der Waals surface area (Å²) in [5.41, 5.74) is 0.0821. The van der Waals surface area contributed by atoms with Gasteiger partial charge in [0, 0.05) is 19.3 Å². The Labute approximate surface area is 114 Å². The monoisotopic (exact) mass is 288 g/mol. The molecular weight excluding hydrogens is 273 g/mol. The molecule has 1 aromatic rings. The Morgan fingerprint density at radius 1 is 1.30 bits per heavy atom. The first kappa shape index (κ1) is 14.6. The Morgan fingerprint density at radius 2 is 2.00 bits per heavy atom. The molecule has 20 heavy (non-hydrogen) atoms. The van der Waals surface area contributed by atoms with Gasteiger partial charge in [0.1, 0.15) is 5.56 Å². The van der Waals surface area contributed by atoms with Crippen molar-refractivity contribution in [3.8, 4) is 5.88 Å². The van der Waals surface area contributed by atoms with Crippen molar-refractivity contribution in [1.82, 2.24) is 9.88 Å². The predicted molar refractivity (Wildman–Crippen MR) is 65.5 cm³/mol. The molecule has 0 bridgehead atoms. The summed E-state index contributed by atoms with van der Waals surface area (Å²) in [6.07, 6.45) is -0.272. The molecule has 0 unspecified atom stereocenters. The lowest BCUT2D eigenvalue weighted by Crippen LogP contribution is -2.36. The van der Waals surface area contributed by atoms with E-state index in [2.05, 4.69) is 9.72 Å². The smallest absolute Gasteiger partial charge is 0.422 e. The first-order valence-corrected chi connectivity index (χ1v) is 6.41. The summed E-state index contributed by atoms with van der Waals surface area (Å²) >= 11 is 0. The van der Waals surface area contributed by atoms with Crippen molar-refractivity contribution in [3.63, 3.8) is 0 Å². The fourth-order valence-electron chi connectivity index (χ4n) is 2.09. The fraction of sp³-hybridized carbons (Fsp3) is 0.538. The highest BCUT2D eigenvalue weighted by atomic mass is 19.4. The van der Waals surface area contributed by atoms with E-state index in [-0.39, 0.29) is 17.4 Å². The predicted octanol–water partition coefficient (Wildman–Crippen LogP) is 2.65. The molecule has 0 aromatic carbocycles. The first-order valence-electron chi connectivity index (χ1n) is 6.41. The van der Waals surface area contributed by atoms with Crippen molar-refractivity contribution < 1.29 is 22.7 Å². The summed E-state index contributed by atoms with van der Waals surface area (Å²) in [6, 6.07) is 2.95. The second-order valence-electron chi connectivity index (χ2n) is 4.61. The molecule has 1 saturated heterocycles. The van der Waals surface area contributed by atoms with Crippen LogP contribution in [0.25, 0.3) is 0 Å². The van der Waals surface area contributed by atoms with Gasteiger partial charge in [-0.2, -0.15) is 13.2 Å². The van der Waals surface area contributed by atoms with Gasteiger partial charge in [-0.25, -0.2) is 4.98 Å². The van der Waals surface area contributed by atoms with Crippen LogP contribution < -0.4 is 4.74 Å². The Hall–Kier alpha value is -1.79. The number of nitrogens with zero attached hydrogens (tertiary/aromatic N) is 2. The zero-order valence-electron chi connectivity index (χ0n) is 10.8. The minimum absolute atomic E-state index is 0.0821. The average Bonchev–Trinajstić information content (AvgIpc) is 2.45. The van der Waals surface area contributed by atoms with Gasteiger partial charge in [0.15, 0.2) is 6.61 Å². The van der Waals surface area contributed by atoms with E-state index in [9.17, 15) is 18.0 Å². The second kappa shape index (κ2) is 6.11. The number of hydrogen-bond donors (Lipinski definition) is 0. The molecule has 2 rings (SSSR count). The van der Waals surface area contributed by atoms with Crippen LogP contribution >= 0.6 is 0 Å². The van der Waals surface area contributed by atoms with Crippen molar-refractivity contribution in [2.75, 3.05) is 19.7 Å². The molecule has 1 fully saturated rings. The fourth-order valence-corrected chi connectivity index (χ4v) is 2.09. The van der Waals surface area contributed by atoms with Crippen LogP contribution in [-0.4, -0.2) is 41.7 Å². The molecule has 0 N–H and O–H groups in total. The molecule has 0 radical (unpaired) electrons. The third-order valence-electron chi connectivity index (χ3n) is 3.02. The molecule has 0 saturated carbocycles. The van der Waals surface area contributed by atoms with E-state index in [1.165, 1.54) is 18.3 Å². The first-order chi connectivity index (χ1) is 9.47. The molecule has 1 amide bonds. The largest absolute Gasteiger partial charge is 0.467 e. The summed E-state index contributed by atoms with van der Waals surface area (Å²) in [4.78, 5) is 17.6. The number of rotatable bonds is 3. The molecule has 2 heterocycles. The van der Waals surface area contributed by atoms with E-state index < -0.39 is 12.8 Å². The maximum Gasteiger partial charge on any atom is 0.422 e. The van der Waals surface area contributed by atoms with Gasteiger partial charge in [-0.1, -0.05) is 0 Å². The lowest BCUT2D eigenvalue weighted by molar-refractivity contribution is -0.154. The highest BCUT2D eigenvalue weighted by Gasteiger charge is 2.30. The highest BCUT2D eigenvalue weighted by Crippen LogP contribution is 2.22. The summed E-state index contributed by atoms with van der Waals surface area (Å²) in [5.74, 6) is -0.588. The number of aromatic nitrogens is 1. The third kappa shape index (κ3) is 3.85. The van der Waals surface area contributed by atoms with Crippen LogP contribution in [0.4, 0.5) is 13.2 Å². The molecule has 0 spiro atoms. The van der Waals surface area contributed by atoms with Crippen LogP contribution in [0.1, 0.15) is 29.6 Å². The number of carbonyl (C=O) groups excluding carboxylic acids is 1. The van der Waals surface area contributed by atoms with Gasteiger partial charge in [0.25, 0.3) is 5.91 Å². The van der Waals surface area contributed by atoms with Crippen LogP contribution in [0.15, 0.2) is 18.3 Å². The lowest BCUT2D eigenvalue weighted by Gasteiger charge is -2.27. The van der Waals surface area contributed by atoms with E-state index in [1.54, 1.807) is 4.90 Å². The maximum atomic E-state index is 12.3. The van der Waals surface area contributed by atoms with Gasteiger partial charge in [0.05, 0.1) is 0 Å². The van der Waals surface area contributed by atoms with Crippen LogP contribution in [-0.2, 0) is 0 Å². The molecule has 1 aromatic heterocycles. The lowest BCUT2D eigenvalue weighted by atomic mass is 10.1. The molecule has 1 aliphatic heterocycles. The normalized spacial score (nSPS) is 16.1. The van der Waals surface area contributed by atoms with E-state index >= 15 is 0 Å². The van der Waals surface area contributed by atoms with E-state index in [1.807, 2.05) is 0 Å². The number of halogens is 3. The van der Waals surface area contributed by atoms with Crippen molar-refractivity contribution in [2.24, 2.45) is 0 Å². The van der Waals surface area contributed by atoms with Crippen LogP contribution in [0.2, 0.25) is 0 Å². The van der Waals surface area contributed by atoms with Gasteiger partial charge in [-0.3, -0.25) is 4.79 Å². The SMILES string of the molecule is O=C(c1cccnc1OCC(F)(F)F)N1CCCCC1. The number of piperidine rings is 1. The van der Waals surface area contributed by atoms with E-state index in [0.717, 1.165) is 19.3 Å². The summed E-state index contributed by atoms with van der Waals surface area (Å²) in [5, 5.41) is 0. The van der Waals surface area contributed by atoms with Crippen molar-refractivity contribution in [2.45, 2.75) is 25.4 Å². The van der Waals surface area contributed by atoms with Gasteiger partial charge >= 0.3 is 6.18 Å². The zero-order valence-corrected chi connectivity index (χ0v) is 10.8. The van der Waals surface area contributed by atoms with Crippen molar-refractivity contribution in [3.05, 3.63) is 23.9 Å². The Kier molecular flexibility index (Phi) is 4.46. The topological polar surface area (TPSA) is 42.4 Å². The number of hydrogen-bond acceptors (Lipinski definition) is 3. The van der Waals surface area contributed by atoms with E-state index in [4.69, 9.17) is 0 Å². The number of ether oxygens (including phenoxy) is 1. The number of pyridine rings is 1. The van der Waals surface area contributed by atoms with Crippen LogP contribution in [0.3, 0.4) is 0 Å². The summed E-state index contributed by atoms with van der Waals surface area (Å²) in [7, 11) is 0.